The van der Waals surface area contributed by atoms with E-state index in [1.54, 1.807) is 24.3 Å². The molecule has 0 aliphatic rings. The first kappa shape index (κ1) is 17.9. The lowest BCUT2D eigenvalue weighted by Crippen LogP contribution is -2.16. The van der Waals surface area contributed by atoms with Gasteiger partial charge in [-0.05, 0) is 35.4 Å². The quantitative estimate of drug-likeness (QED) is 0.367. The van der Waals surface area contributed by atoms with Gasteiger partial charge in [-0.3, -0.25) is 10.1 Å². The Kier molecular flexibility index (Phi) is 4.61. The van der Waals surface area contributed by atoms with Crippen LogP contribution in [0.25, 0.3) is 22.2 Å². The number of hydrogen-bond acceptors (Lipinski definition) is 2. The van der Waals surface area contributed by atoms with E-state index in [0.29, 0.717) is 22.2 Å². The van der Waals surface area contributed by atoms with E-state index in [1.165, 1.54) is 18.2 Å². The highest BCUT2D eigenvalue weighted by Crippen LogP contribution is 2.39. The lowest BCUT2D eigenvalue weighted by Gasteiger charge is -2.16. The molecule has 0 spiro atoms. The number of benzene rings is 3. The van der Waals surface area contributed by atoms with Crippen LogP contribution in [0.1, 0.15) is 17.0 Å². The maximum absolute atomic E-state index is 14.6. The summed E-state index contributed by atoms with van der Waals surface area (Å²) in [6, 6.07) is 19.5. The third-order valence-corrected chi connectivity index (χ3v) is 4.82. The lowest BCUT2D eigenvalue weighted by atomic mass is 9.87. The molecule has 0 fully saturated rings. The van der Waals surface area contributed by atoms with Crippen LogP contribution in [0.15, 0.2) is 72.8 Å². The van der Waals surface area contributed by atoms with Crippen molar-refractivity contribution in [2.24, 2.45) is 0 Å². The Hall–Kier alpha value is -3.54. The summed E-state index contributed by atoms with van der Waals surface area (Å²) >= 11 is 0. The SMILES string of the molecule is O=[N+]([O-])CC(c1ccccc1F)c1c(-c2ccccc2)[nH]c2cc(F)ccc12. The molecule has 4 rings (SSSR count). The van der Waals surface area contributed by atoms with Gasteiger partial charge < -0.3 is 4.98 Å². The number of fused-ring (bicyclic) bond motifs is 1. The molecule has 3 aromatic carbocycles. The first-order chi connectivity index (χ1) is 13.5. The van der Waals surface area contributed by atoms with Crippen molar-refractivity contribution in [2.45, 2.75) is 5.92 Å². The zero-order chi connectivity index (χ0) is 19.7. The Bertz CT molecular complexity index is 1160. The summed E-state index contributed by atoms with van der Waals surface area (Å²) < 4.78 is 28.4. The predicted molar refractivity (Wildman–Crippen MR) is 104 cm³/mol. The van der Waals surface area contributed by atoms with Gasteiger partial charge in [0.2, 0.25) is 6.54 Å². The maximum Gasteiger partial charge on any atom is 0.214 e. The molecule has 6 heteroatoms. The first-order valence-corrected chi connectivity index (χ1v) is 8.77. The molecule has 0 amide bonds. The van der Waals surface area contributed by atoms with Crippen molar-refractivity contribution in [2.75, 3.05) is 6.54 Å². The molecule has 1 heterocycles. The highest BCUT2D eigenvalue weighted by Gasteiger charge is 2.29. The van der Waals surface area contributed by atoms with Crippen molar-refractivity contribution in [3.63, 3.8) is 0 Å². The molecule has 4 aromatic rings. The van der Waals surface area contributed by atoms with Gasteiger partial charge in [-0.25, -0.2) is 8.78 Å². The summed E-state index contributed by atoms with van der Waals surface area (Å²) in [5.41, 5.74) is 2.75. The number of rotatable bonds is 5. The van der Waals surface area contributed by atoms with E-state index in [0.717, 1.165) is 5.56 Å². The zero-order valence-electron chi connectivity index (χ0n) is 14.7. The Balaban J connectivity index is 2.03. The van der Waals surface area contributed by atoms with E-state index >= 15 is 0 Å². The van der Waals surface area contributed by atoms with Gasteiger partial charge in [-0.15, -0.1) is 0 Å². The van der Waals surface area contributed by atoms with Crippen molar-refractivity contribution in [3.8, 4) is 11.3 Å². The minimum absolute atomic E-state index is 0.238. The van der Waals surface area contributed by atoms with E-state index in [9.17, 15) is 18.9 Å². The number of hydrogen-bond donors (Lipinski definition) is 1. The molecule has 0 saturated carbocycles. The molecule has 0 aliphatic heterocycles. The number of nitro groups is 1. The van der Waals surface area contributed by atoms with E-state index < -0.39 is 29.0 Å². The summed E-state index contributed by atoms with van der Waals surface area (Å²) in [5.74, 6) is -1.76. The summed E-state index contributed by atoms with van der Waals surface area (Å²) in [6.07, 6.45) is 0. The van der Waals surface area contributed by atoms with E-state index in [-0.39, 0.29) is 5.56 Å². The Morgan fingerprint density at radius 3 is 2.39 bits per heavy atom. The van der Waals surface area contributed by atoms with Gasteiger partial charge in [0.05, 0.1) is 11.6 Å². The fourth-order valence-electron chi connectivity index (χ4n) is 3.64. The maximum atomic E-state index is 14.6. The molecule has 1 atom stereocenters. The van der Waals surface area contributed by atoms with Gasteiger partial charge in [-0.2, -0.15) is 0 Å². The van der Waals surface area contributed by atoms with Crippen LogP contribution in [0.4, 0.5) is 8.78 Å². The minimum Gasteiger partial charge on any atom is -0.354 e. The van der Waals surface area contributed by atoms with Gasteiger partial charge in [0.1, 0.15) is 11.6 Å². The van der Waals surface area contributed by atoms with Crippen LogP contribution in [0.2, 0.25) is 0 Å². The van der Waals surface area contributed by atoms with Crippen molar-refractivity contribution >= 4 is 10.9 Å². The summed E-state index contributed by atoms with van der Waals surface area (Å²) in [6.45, 7) is -0.481. The smallest absolute Gasteiger partial charge is 0.214 e. The van der Waals surface area contributed by atoms with Crippen LogP contribution < -0.4 is 0 Å². The molecule has 0 aliphatic carbocycles. The molecule has 0 radical (unpaired) electrons. The number of H-pyrrole nitrogens is 1. The molecule has 1 aromatic heterocycles. The third kappa shape index (κ3) is 3.24. The van der Waals surface area contributed by atoms with Crippen LogP contribution >= 0.6 is 0 Å². The Morgan fingerprint density at radius 1 is 0.964 bits per heavy atom. The zero-order valence-corrected chi connectivity index (χ0v) is 14.7. The topological polar surface area (TPSA) is 58.9 Å². The number of nitrogens with one attached hydrogen (secondary N) is 1. The number of aromatic amines is 1. The lowest BCUT2D eigenvalue weighted by molar-refractivity contribution is -0.481. The Labute approximate surface area is 159 Å². The van der Waals surface area contributed by atoms with Crippen molar-refractivity contribution in [3.05, 3.63) is 106 Å². The average molecular weight is 378 g/mol. The molecular weight excluding hydrogens is 362 g/mol. The van der Waals surface area contributed by atoms with Crippen LogP contribution in [0, 0.1) is 21.7 Å². The normalized spacial score (nSPS) is 12.2. The molecule has 1 N–H and O–H groups in total. The fraction of sp³-hybridized carbons (Fsp3) is 0.0909. The predicted octanol–water partition coefficient (Wildman–Crippen LogP) is 5.52. The highest BCUT2D eigenvalue weighted by molar-refractivity contribution is 5.92. The summed E-state index contributed by atoms with van der Waals surface area (Å²) in [4.78, 5) is 14.2. The van der Waals surface area contributed by atoms with Gasteiger partial charge in [0.15, 0.2) is 0 Å². The minimum atomic E-state index is -0.828. The second kappa shape index (κ2) is 7.23. The molecule has 0 saturated heterocycles. The second-order valence-corrected chi connectivity index (χ2v) is 6.56. The molecule has 140 valence electrons. The molecule has 0 bridgehead atoms. The van der Waals surface area contributed by atoms with Crippen LogP contribution in [0.3, 0.4) is 0 Å². The van der Waals surface area contributed by atoms with Gasteiger partial charge >= 0.3 is 0 Å². The largest absolute Gasteiger partial charge is 0.354 e. The number of nitrogens with zero attached hydrogens (tertiary/aromatic N) is 1. The molecule has 1 unspecified atom stereocenters. The molecular formula is C22H16F2N2O2. The first-order valence-electron chi connectivity index (χ1n) is 8.77. The Morgan fingerprint density at radius 2 is 1.68 bits per heavy atom. The van der Waals surface area contributed by atoms with Gasteiger partial charge in [-0.1, -0.05) is 48.5 Å². The number of halogens is 2. The third-order valence-electron chi connectivity index (χ3n) is 4.82. The second-order valence-electron chi connectivity index (χ2n) is 6.56. The van der Waals surface area contributed by atoms with Crippen LogP contribution in [-0.2, 0) is 0 Å². The van der Waals surface area contributed by atoms with E-state index in [4.69, 9.17) is 0 Å². The van der Waals surface area contributed by atoms with Crippen LogP contribution in [0.5, 0.6) is 0 Å². The van der Waals surface area contributed by atoms with Gasteiger partial charge in [0, 0.05) is 21.4 Å². The highest BCUT2D eigenvalue weighted by atomic mass is 19.1. The van der Waals surface area contributed by atoms with E-state index in [2.05, 4.69) is 4.98 Å². The number of aromatic nitrogens is 1. The summed E-state index contributed by atoms with van der Waals surface area (Å²) in [7, 11) is 0. The molecule has 4 nitrogen and oxygen atoms in total. The van der Waals surface area contributed by atoms with Gasteiger partial charge in [0.25, 0.3) is 0 Å². The monoisotopic (exact) mass is 378 g/mol. The van der Waals surface area contributed by atoms with Crippen molar-refractivity contribution in [1.82, 2.24) is 4.98 Å². The fourth-order valence-corrected chi connectivity index (χ4v) is 3.64. The summed E-state index contributed by atoms with van der Waals surface area (Å²) in [5, 5.41) is 12.1. The molecule has 28 heavy (non-hydrogen) atoms. The van der Waals surface area contributed by atoms with Crippen LogP contribution in [-0.4, -0.2) is 16.5 Å². The van der Waals surface area contributed by atoms with Crippen molar-refractivity contribution < 1.29 is 13.7 Å². The van der Waals surface area contributed by atoms with Crippen molar-refractivity contribution in [1.29, 1.82) is 0 Å². The average Bonchev–Trinajstić information content (AvgIpc) is 3.05. The van der Waals surface area contributed by atoms with E-state index in [1.807, 2.05) is 30.3 Å². The standard InChI is InChI=1S/C22H16F2N2O2/c23-15-10-11-17-20(12-15)25-22(14-6-2-1-3-7-14)21(17)18(13-26(27)28)16-8-4-5-9-19(16)24/h1-12,18,25H,13H2.